The van der Waals surface area contributed by atoms with Crippen LogP contribution in [0.25, 0.3) is 11.3 Å². The van der Waals surface area contributed by atoms with E-state index in [1.165, 1.54) is 25.1 Å². The number of ether oxygens (including phenoxy) is 1. The van der Waals surface area contributed by atoms with Crippen LogP contribution in [0.1, 0.15) is 13.8 Å². The first-order chi connectivity index (χ1) is 9.90. The van der Waals surface area contributed by atoms with Gasteiger partial charge in [0.2, 0.25) is 23.3 Å². The predicted octanol–water partition coefficient (Wildman–Crippen LogP) is 2.68. The largest absolute Gasteiger partial charge is 0.502 e. The number of carbonyl (C=O) groups is 2. The summed E-state index contributed by atoms with van der Waals surface area (Å²) in [7, 11) is 0. The molecular formula is C14H12FNO5. The average molecular weight is 293 g/mol. The van der Waals surface area contributed by atoms with E-state index in [0.717, 1.165) is 6.92 Å². The Morgan fingerprint density at radius 2 is 1.95 bits per heavy atom. The fourth-order valence-electron chi connectivity index (χ4n) is 1.72. The summed E-state index contributed by atoms with van der Waals surface area (Å²) < 4.78 is 23.8. The van der Waals surface area contributed by atoms with Crippen LogP contribution in [0.2, 0.25) is 0 Å². The van der Waals surface area contributed by atoms with E-state index >= 15 is 0 Å². The predicted molar refractivity (Wildman–Crippen MR) is 71.4 cm³/mol. The van der Waals surface area contributed by atoms with E-state index in [1.807, 2.05) is 0 Å². The molecule has 7 heteroatoms. The van der Waals surface area contributed by atoms with Gasteiger partial charge in [-0.2, -0.15) is 0 Å². The van der Waals surface area contributed by atoms with Crippen molar-refractivity contribution in [2.45, 2.75) is 13.8 Å². The van der Waals surface area contributed by atoms with Gasteiger partial charge in [-0.1, -0.05) is 12.1 Å². The van der Waals surface area contributed by atoms with Gasteiger partial charge in [-0.15, -0.1) is 0 Å². The van der Waals surface area contributed by atoms with E-state index in [1.54, 1.807) is 6.07 Å². The third-order valence-electron chi connectivity index (χ3n) is 2.49. The summed E-state index contributed by atoms with van der Waals surface area (Å²) in [5.41, 5.74) is -0.0278. The van der Waals surface area contributed by atoms with Crippen molar-refractivity contribution in [3.05, 3.63) is 30.1 Å². The number of halogens is 1. The van der Waals surface area contributed by atoms with E-state index in [-0.39, 0.29) is 23.0 Å². The van der Waals surface area contributed by atoms with Gasteiger partial charge in [-0.25, -0.2) is 4.39 Å². The van der Waals surface area contributed by atoms with Crippen molar-refractivity contribution in [1.29, 1.82) is 0 Å². The standard InChI is InChI=1S/C14H12FNO5/c1-7(17)16-14-13(20-8(2)18)11(19)12(21-14)9-5-3-4-6-10(9)15/h3-6,19H,1-2H3,(H,16,17). The molecule has 1 amide bonds. The van der Waals surface area contributed by atoms with Gasteiger partial charge >= 0.3 is 5.97 Å². The second kappa shape index (κ2) is 5.66. The van der Waals surface area contributed by atoms with Crippen LogP contribution in [0.3, 0.4) is 0 Å². The van der Waals surface area contributed by atoms with Crippen molar-refractivity contribution in [3.63, 3.8) is 0 Å². The molecule has 0 bridgehead atoms. The van der Waals surface area contributed by atoms with Crippen LogP contribution in [0.5, 0.6) is 11.5 Å². The third-order valence-corrected chi connectivity index (χ3v) is 2.49. The number of esters is 1. The Morgan fingerprint density at radius 3 is 2.52 bits per heavy atom. The fraction of sp³-hybridized carbons (Fsp3) is 0.143. The molecule has 21 heavy (non-hydrogen) atoms. The van der Waals surface area contributed by atoms with E-state index in [4.69, 9.17) is 9.15 Å². The number of furan rings is 1. The molecule has 2 rings (SSSR count). The maximum atomic E-state index is 13.8. The number of amides is 1. The second-order valence-electron chi connectivity index (χ2n) is 4.19. The van der Waals surface area contributed by atoms with Gasteiger partial charge in [0.1, 0.15) is 5.82 Å². The Bertz CT molecular complexity index is 707. The van der Waals surface area contributed by atoms with Crippen molar-refractivity contribution < 1.29 is 28.2 Å². The van der Waals surface area contributed by atoms with Gasteiger partial charge in [0.05, 0.1) is 5.56 Å². The number of carbonyl (C=O) groups excluding carboxylic acids is 2. The molecule has 0 fully saturated rings. The number of benzene rings is 1. The van der Waals surface area contributed by atoms with Crippen molar-refractivity contribution >= 4 is 17.8 Å². The Morgan fingerprint density at radius 1 is 1.29 bits per heavy atom. The molecule has 6 nitrogen and oxygen atoms in total. The van der Waals surface area contributed by atoms with Gasteiger partial charge in [0.15, 0.2) is 5.76 Å². The number of hydrogen-bond acceptors (Lipinski definition) is 5. The first-order valence-corrected chi connectivity index (χ1v) is 5.96. The molecule has 1 aromatic heterocycles. The third kappa shape index (κ3) is 3.02. The molecule has 110 valence electrons. The summed E-state index contributed by atoms with van der Waals surface area (Å²) in [4.78, 5) is 22.2. The highest BCUT2D eigenvalue weighted by Gasteiger charge is 2.26. The topological polar surface area (TPSA) is 88.8 Å². The van der Waals surface area contributed by atoms with E-state index < -0.39 is 23.4 Å². The van der Waals surface area contributed by atoms with E-state index in [9.17, 15) is 19.1 Å². The minimum atomic E-state index is -0.724. The molecule has 0 radical (unpaired) electrons. The summed E-state index contributed by atoms with van der Waals surface area (Å²) in [6.45, 7) is 2.33. The zero-order valence-corrected chi connectivity index (χ0v) is 11.3. The number of nitrogens with one attached hydrogen (secondary N) is 1. The Hall–Kier alpha value is -2.83. The highest BCUT2D eigenvalue weighted by Crippen LogP contribution is 2.46. The minimum Gasteiger partial charge on any atom is -0.502 e. The van der Waals surface area contributed by atoms with Crippen molar-refractivity contribution in [2.75, 3.05) is 5.32 Å². The average Bonchev–Trinajstić information content (AvgIpc) is 2.67. The normalized spacial score (nSPS) is 10.2. The lowest BCUT2D eigenvalue weighted by molar-refractivity contribution is -0.132. The first kappa shape index (κ1) is 14.6. The zero-order chi connectivity index (χ0) is 15.6. The number of hydrogen-bond donors (Lipinski definition) is 2. The molecule has 0 aliphatic rings. The zero-order valence-electron chi connectivity index (χ0n) is 11.3. The Kier molecular flexibility index (Phi) is 3.93. The molecule has 0 unspecified atom stereocenters. The van der Waals surface area contributed by atoms with Gasteiger partial charge in [-0.3, -0.25) is 14.9 Å². The SMILES string of the molecule is CC(=O)Nc1oc(-c2ccccc2F)c(O)c1OC(C)=O. The van der Waals surface area contributed by atoms with Crippen LogP contribution in [0.15, 0.2) is 28.7 Å². The summed E-state index contributed by atoms with van der Waals surface area (Å²) in [6.07, 6.45) is 0. The van der Waals surface area contributed by atoms with Crippen molar-refractivity contribution in [2.24, 2.45) is 0 Å². The molecule has 0 saturated heterocycles. The maximum Gasteiger partial charge on any atom is 0.308 e. The fourth-order valence-corrected chi connectivity index (χ4v) is 1.72. The lowest BCUT2D eigenvalue weighted by Crippen LogP contribution is -2.08. The second-order valence-corrected chi connectivity index (χ2v) is 4.19. The van der Waals surface area contributed by atoms with E-state index in [2.05, 4.69) is 5.32 Å². The molecule has 2 N–H and O–H groups in total. The van der Waals surface area contributed by atoms with Crippen LogP contribution >= 0.6 is 0 Å². The van der Waals surface area contributed by atoms with Gasteiger partial charge in [0.25, 0.3) is 0 Å². The first-order valence-electron chi connectivity index (χ1n) is 5.96. The summed E-state index contributed by atoms with van der Waals surface area (Å²) >= 11 is 0. The van der Waals surface area contributed by atoms with Crippen LogP contribution < -0.4 is 10.1 Å². The van der Waals surface area contributed by atoms with Gasteiger partial charge < -0.3 is 14.3 Å². The maximum absolute atomic E-state index is 13.8. The Labute approximate surface area is 119 Å². The lowest BCUT2D eigenvalue weighted by atomic mass is 10.1. The summed E-state index contributed by atoms with van der Waals surface area (Å²) in [6, 6.07) is 5.58. The monoisotopic (exact) mass is 293 g/mol. The lowest BCUT2D eigenvalue weighted by Gasteiger charge is -2.01. The number of anilines is 1. The highest BCUT2D eigenvalue weighted by atomic mass is 19.1. The van der Waals surface area contributed by atoms with Crippen LogP contribution in [-0.4, -0.2) is 17.0 Å². The Balaban J connectivity index is 2.58. The minimum absolute atomic E-state index is 0.0278. The number of rotatable bonds is 3. The molecule has 0 aliphatic carbocycles. The quantitative estimate of drug-likeness (QED) is 0.849. The van der Waals surface area contributed by atoms with Crippen molar-refractivity contribution in [1.82, 2.24) is 0 Å². The molecule has 1 aromatic carbocycles. The van der Waals surface area contributed by atoms with Gasteiger partial charge in [0, 0.05) is 13.8 Å². The molecule has 2 aromatic rings. The molecular weight excluding hydrogens is 281 g/mol. The van der Waals surface area contributed by atoms with E-state index in [0.29, 0.717) is 0 Å². The van der Waals surface area contributed by atoms with Crippen LogP contribution in [0.4, 0.5) is 10.3 Å². The summed E-state index contributed by atoms with van der Waals surface area (Å²) in [5.74, 6) is -3.31. The molecule has 0 spiro atoms. The molecule has 0 atom stereocenters. The highest BCUT2D eigenvalue weighted by molar-refractivity contribution is 5.91. The summed E-state index contributed by atoms with van der Waals surface area (Å²) in [5, 5.41) is 12.3. The number of aromatic hydroxyl groups is 1. The molecule has 0 aliphatic heterocycles. The molecule has 1 heterocycles. The van der Waals surface area contributed by atoms with Crippen LogP contribution in [-0.2, 0) is 9.59 Å². The van der Waals surface area contributed by atoms with Gasteiger partial charge in [-0.05, 0) is 12.1 Å². The van der Waals surface area contributed by atoms with Crippen molar-refractivity contribution in [3.8, 4) is 22.8 Å². The molecule has 0 saturated carbocycles. The smallest absolute Gasteiger partial charge is 0.308 e. The van der Waals surface area contributed by atoms with Crippen LogP contribution in [0, 0.1) is 5.82 Å².